The molecule has 0 bridgehead atoms. The third-order valence-electron chi connectivity index (χ3n) is 4.34. The molecule has 0 atom stereocenters. The van der Waals surface area contributed by atoms with Crippen molar-refractivity contribution in [3.8, 4) is 0 Å². The van der Waals surface area contributed by atoms with E-state index in [1.165, 1.54) is 30.1 Å². The fourth-order valence-corrected chi connectivity index (χ4v) is 4.09. The fraction of sp³-hybridized carbons (Fsp3) is 0.278. The number of likely N-dealkylation sites (N-methyl/N-ethyl adjacent to an activating group) is 1. The van der Waals surface area contributed by atoms with E-state index in [0.717, 1.165) is 34.1 Å². The highest BCUT2D eigenvalue weighted by Gasteiger charge is 2.28. The van der Waals surface area contributed by atoms with E-state index in [2.05, 4.69) is 0 Å². The van der Waals surface area contributed by atoms with Crippen LogP contribution in [0.3, 0.4) is 0 Å². The maximum atomic E-state index is 13.4. The Balaban J connectivity index is 1.79. The molecule has 0 spiro atoms. The Morgan fingerprint density at radius 3 is 2.46 bits per heavy atom. The molecular weight excluding hydrogens is 362 g/mol. The van der Waals surface area contributed by atoms with Crippen LogP contribution in [-0.2, 0) is 21.2 Å². The van der Waals surface area contributed by atoms with Crippen molar-refractivity contribution in [1.29, 1.82) is 0 Å². The Hall–Kier alpha value is -2.32. The number of hydrogen-bond donors (Lipinski definition) is 0. The first-order chi connectivity index (χ1) is 12.3. The molecular formula is C18H18F2N2O3S. The molecule has 1 aliphatic heterocycles. The summed E-state index contributed by atoms with van der Waals surface area (Å²) in [7, 11) is -2.62. The minimum Gasteiger partial charge on any atom is -0.311 e. The van der Waals surface area contributed by atoms with E-state index in [4.69, 9.17) is 0 Å². The molecule has 1 amide bonds. The van der Waals surface area contributed by atoms with Crippen LogP contribution in [0.1, 0.15) is 12.0 Å². The minimum atomic E-state index is -3.91. The largest absolute Gasteiger partial charge is 0.311 e. The first-order valence-electron chi connectivity index (χ1n) is 8.10. The second-order valence-corrected chi connectivity index (χ2v) is 8.18. The summed E-state index contributed by atoms with van der Waals surface area (Å²) in [5.41, 5.74) is 1.34. The summed E-state index contributed by atoms with van der Waals surface area (Å²) in [5.74, 6) is -1.31. The van der Waals surface area contributed by atoms with Crippen LogP contribution in [0.15, 0.2) is 47.4 Å². The molecule has 138 valence electrons. The number of carbonyl (C=O) groups is 1. The third-order valence-corrected chi connectivity index (χ3v) is 6.16. The molecule has 0 saturated carbocycles. The molecule has 5 nitrogen and oxygen atoms in total. The molecule has 2 aromatic carbocycles. The second kappa shape index (κ2) is 7.13. The zero-order valence-corrected chi connectivity index (χ0v) is 15.0. The molecule has 3 rings (SSSR count). The van der Waals surface area contributed by atoms with E-state index in [0.29, 0.717) is 25.1 Å². The van der Waals surface area contributed by atoms with Gasteiger partial charge in [0.05, 0.1) is 11.4 Å². The van der Waals surface area contributed by atoms with Gasteiger partial charge in [-0.05, 0) is 60.9 Å². The molecule has 0 fully saturated rings. The predicted octanol–water partition coefficient (Wildman–Crippen LogP) is 2.56. The van der Waals surface area contributed by atoms with Gasteiger partial charge in [0.1, 0.15) is 11.6 Å². The number of fused-ring (bicyclic) bond motifs is 1. The van der Waals surface area contributed by atoms with Gasteiger partial charge in [-0.2, -0.15) is 4.31 Å². The molecule has 0 saturated heterocycles. The number of aryl methyl sites for hydroxylation is 1. The number of anilines is 1. The molecule has 8 heteroatoms. The summed E-state index contributed by atoms with van der Waals surface area (Å²) in [6.07, 6.45) is 1.34. The van der Waals surface area contributed by atoms with E-state index < -0.39 is 21.7 Å². The van der Waals surface area contributed by atoms with Gasteiger partial charge in [0.25, 0.3) is 0 Å². The number of carbonyl (C=O) groups excluding carboxylic acids is 1. The number of sulfonamides is 1. The topological polar surface area (TPSA) is 57.7 Å². The van der Waals surface area contributed by atoms with E-state index in [1.54, 1.807) is 0 Å². The van der Waals surface area contributed by atoms with E-state index in [9.17, 15) is 22.0 Å². The average Bonchev–Trinajstić information content (AvgIpc) is 2.61. The molecule has 0 N–H and O–H groups in total. The maximum Gasteiger partial charge on any atom is 0.243 e. The van der Waals surface area contributed by atoms with Crippen molar-refractivity contribution >= 4 is 21.6 Å². The molecule has 1 aliphatic rings. The number of nitrogens with zero attached hydrogens (tertiary/aromatic N) is 2. The molecule has 0 unspecified atom stereocenters. The summed E-state index contributed by atoms with van der Waals surface area (Å²) in [5, 5.41) is 0. The summed E-state index contributed by atoms with van der Waals surface area (Å²) in [6, 6.07) is 8.64. The summed E-state index contributed by atoms with van der Waals surface area (Å²) in [4.78, 5) is 14.0. The number of hydrogen-bond acceptors (Lipinski definition) is 3. The van der Waals surface area contributed by atoms with Crippen molar-refractivity contribution in [3.05, 3.63) is 59.7 Å². The molecule has 2 aromatic rings. The molecule has 26 heavy (non-hydrogen) atoms. The third kappa shape index (κ3) is 3.61. The predicted molar refractivity (Wildman–Crippen MR) is 93.3 cm³/mol. The molecule has 0 aliphatic carbocycles. The second-order valence-electron chi connectivity index (χ2n) is 6.14. The van der Waals surface area contributed by atoms with E-state index in [-0.39, 0.29) is 17.3 Å². The molecule has 0 aromatic heterocycles. The first-order valence-corrected chi connectivity index (χ1v) is 9.54. The van der Waals surface area contributed by atoms with Gasteiger partial charge in [-0.25, -0.2) is 17.2 Å². The SMILES string of the molecule is CN(CC(=O)N1CCCc2cc(F)ccc21)S(=O)(=O)c1ccc(F)cc1. The van der Waals surface area contributed by atoms with Crippen LogP contribution in [0.2, 0.25) is 0 Å². The normalized spacial score (nSPS) is 14.4. The van der Waals surface area contributed by atoms with E-state index >= 15 is 0 Å². The van der Waals surface area contributed by atoms with Crippen LogP contribution in [0.4, 0.5) is 14.5 Å². The Bertz CT molecular complexity index is 930. The van der Waals surface area contributed by atoms with Gasteiger partial charge in [0.15, 0.2) is 0 Å². The number of amides is 1. The fourth-order valence-electron chi connectivity index (χ4n) is 2.97. The number of benzene rings is 2. The van der Waals surface area contributed by atoms with Crippen LogP contribution >= 0.6 is 0 Å². The average molecular weight is 380 g/mol. The lowest BCUT2D eigenvalue weighted by Crippen LogP contribution is -2.43. The van der Waals surface area contributed by atoms with Crippen molar-refractivity contribution < 1.29 is 22.0 Å². The number of rotatable bonds is 4. The molecule has 0 radical (unpaired) electrons. The lowest BCUT2D eigenvalue weighted by atomic mass is 10.0. The van der Waals surface area contributed by atoms with Gasteiger partial charge < -0.3 is 4.90 Å². The van der Waals surface area contributed by atoms with Crippen molar-refractivity contribution in [2.45, 2.75) is 17.7 Å². The highest BCUT2D eigenvalue weighted by Crippen LogP contribution is 2.28. The lowest BCUT2D eigenvalue weighted by molar-refractivity contribution is -0.118. The van der Waals surface area contributed by atoms with Crippen LogP contribution < -0.4 is 4.90 Å². The smallest absolute Gasteiger partial charge is 0.243 e. The number of halogens is 2. The summed E-state index contributed by atoms with van der Waals surface area (Å²) >= 11 is 0. The monoisotopic (exact) mass is 380 g/mol. The Morgan fingerprint density at radius 2 is 1.77 bits per heavy atom. The van der Waals surface area contributed by atoms with Crippen molar-refractivity contribution in [1.82, 2.24) is 4.31 Å². The summed E-state index contributed by atoms with van der Waals surface area (Å²) in [6.45, 7) is 0.0818. The standard InChI is InChI=1S/C18H18F2N2O3S/c1-21(26(24,25)16-7-4-14(19)5-8-16)12-18(23)22-10-2-3-13-11-15(20)6-9-17(13)22/h4-9,11H,2-3,10,12H2,1H3. The van der Waals surface area contributed by atoms with Gasteiger partial charge in [-0.1, -0.05) is 0 Å². The maximum absolute atomic E-state index is 13.4. The van der Waals surface area contributed by atoms with Gasteiger partial charge in [-0.15, -0.1) is 0 Å². The van der Waals surface area contributed by atoms with Gasteiger partial charge in [0, 0.05) is 19.3 Å². The Kier molecular flexibility index (Phi) is 5.06. The highest BCUT2D eigenvalue weighted by atomic mass is 32.2. The quantitative estimate of drug-likeness (QED) is 0.819. The van der Waals surface area contributed by atoms with Crippen LogP contribution in [0.5, 0.6) is 0 Å². The first kappa shape index (κ1) is 18.5. The van der Waals surface area contributed by atoms with Crippen molar-refractivity contribution in [3.63, 3.8) is 0 Å². The Labute approximate surface area is 150 Å². The van der Waals surface area contributed by atoms with E-state index in [1.807, 2.05) is 0 Å². The van der Waals surface area contributed by atoms with Gasteiger partial charge in [-0.3, -0.25) is 4.79 Å². The zero-order chi connectivity index (χ0) is 18.9. The van der Waals surface area contributed by atoms with Crippen LogP contribution in [0.25, 0.3) is 0 Å². The van der Waals surface area contributed by atoms with Crippen molar-refractivity contribution in [2.75, 3.05) is 25.0 Å². The van der Waals surface area contributed by atoms with Gasteiger partial charge in [0.2, 0.25) is 15.9 Å². The Morgan fingerprint density at radius 1 is 1.12 bits per heavy atom. The van der Waals surface area contributed by atoms with Crippen LogP contribution in [0, 0.1) is 11.6 Å². The lowest BCUT2D eigenvalue weighted by Gasteiger charge is -2.30. The highest BCUT2D eigenvalue weighted by molar-refractivity contribution is 7.89. The minimum absolute atomic E-state index is 0.0877. The van der Waals surface area contributed by atoms with Crippen molar-refractivity contribution in [2.24, 2.45) is 0 Å². The van der Waals surface area contributed by atoms with Gasteiger partial charge >= 0.3 is 0 Å². The molecule has 1 heterocycles. The van der Waals surface area contributed by atoms with Crippen LogP contribution in [-0.4, -0.2) is 38.8 Å². The zero-order valence-electron chi connectivity index (χ0n) is 14.2. The summed E-state index contributed by atoms with van der Waals surface area (Å²) < 4.78 is 52.4.